The molecule has 0 saturated heterocycles. The van der Waals surface area contributed by atoms with Crippen LogP contribution < -0.4 is 16.4 Å². The SMILES string of the molecule is CCNC(=O)CCNC(=O)CCc1cccc(N)c1. The molecular formula is C14H21N3O2. The van der Waals surface area contributed by atoms with Crippen LogP contribution >= 0.6 is 0 Å². The summed E-state index contributed by atoms with van der Waals surface area (Å²) in [6.45, 7) is 2.85. The Morgan fingerprint density at radius 1 is 1.16 bits per heavy atom. The van der Waals surface area contributed by atoms with Gasteiger partial charge in [-0.1, -0.05) is 12.1 Å². The lowest BCUT2D eigenvalue weighted by molar-refractivity contribution is -0.122. The van der Waals surface area contributed by atoms with Crippen LogP contribution in [0.25, 0.3) is 0 Å². The van der Waals surface area contributed by atoms with E-state index in [2.05, 4.69) is 10.6 Å². The van der Waals surface area contributed by atoms with Gasteiger partial charge in [-0.05, 0) is 31.0 Å². The minimum atomic E-state index is -0.0493. The lowest BCUT2D eigenvalue weighted by atomic mass is 10.1. The number of nitrogen functional groups attached to an aromatic ring is 1. The Morgan fingerprint density at radius 3 is 2.58 bits per heavy atom. The van der Waals surface area contributed by atoms with Crippen LogP contribution in [0.3, 0.4) is 0 Å². The molecule has 0 saturated carbocycles. The lowest BCUT2D eigenvalue weighted by Gasteiger charge is -2.06. The molecule has 104 valence electrons. The standard InChI is InChI=1S/C14H21N3O2/c1-2-16-14(19)8-9-17-13(18)7-6-11-4-3-5-12(15)10-11/h3-5,10H,2,6-9,15H2,1H3,(H,16,19)(H,17,18). The van der Waals surface area contributed by atoms with Gasteiger partial charge < -0.3 is 16.4 Å². The highest BCUT2D eigenvalue weighted by Gasteiger charge is 2.04. The summed E-state index contributed by atoms with van der Waals surface area (Å²) in [6, 6.07) is 7.49. The van der Waals surface area contributed by atoms with Gasteiger partial charge in [-0.25, -0.2) is 0 Å². The van der Waals surface area contributed by atoms with E-state index in [0.29, 0.717) is 38.0 Å². The van der Waals surface area contributed by atoms with Gasteiger partial charge in [0.2, 0.25) is 11.8 Å². The third kappa shape index (κ3) is 6.45. The number of anilines is 1. The second kappa shape index (κ2) is 8.13. The summed E-state index contributed by atoms with van der Waals surface area (Å²) in [5.41, 5.74) is 7.41. The highest BCUT2D eigenvalue weighted by molar-refractivity contribution is 5.79. The van der Waals surface area contributed by atoms with Gasteiger partial charge in [0.05, 0.1) is 0 Å². The molecule has 0 heterocycles. The highest BCUT2D eigenvalue weighted by atomic mass is 16.2. The van der Waals surface area contributed by atoms with Crippen LogP contribution in [-0.4, -0.2) is 24.9 Å². The maximum atomic E-state index is 11.6. The summed E-state index contributed by atoms with van der Waals surface area (Å²) in [4.78, 5) is 22.7. The van der Waals surface area contributed by atoms with E-state index in [1.165, 1.54) is 0 Å². The summed E-state index contributed by atoms with van der Waals surface area (Å²) in [5.74, 6) is -0.0923. The number of benzene rings is 1. The topological polar surface area (TPSA) is 84.2 Å². The number of amides is 2. The molecule has 1 aromatic carbocycles. The first-order valence-electron chi connectivity index (χ1n) is 6.49. The first-order chi connectivity index (χ1) is 9.11. The van der Waals surface area contributed by atoms with E-state index in [1.54, 1.807) is 0 Å². The molecule has 19 heavy (non-hydrogen) atoms. The summed E-state index contributed by atoms with van der Waals surface area (Å²) >= 11 is 0. The third-order valence-electron chi connectivity index (χ3n) is 2.64. The number of rotatable bonds is 7. The van der Waals surface area contributed by atoms with E-state index in [4.69, 9.17) is 5.73 Å². The molecule has 0 atom stereocenters. The summed E-state index contributed by atoms with van der Waals surface area (Å²) in [5, 5.41) is 5.41. The van der Waals surface area contributed by atoms with Crippen molar-refractivity contribution in [2.45, 2.75) is 26.2 Å². The molecule has 4 N–H and O–H groups in total. The Balaban J connectivity index is 2.19. The Bertz CT molecular complexity index is 432. The average molecular weight is 263 g/mol. The molecule has 0 unspecified atom stereocenters. The van der Waals surface area contributed by atoms with Crippen LogP contribution in [0.2, 0.25) is 0 Å². The Hall–Kier alpha value is -2.04. The minimum absolute atomic E-state index is 0.0429. The van der Waals surface area contributed by atoms with Crippen molar-refractivity contribution in [3.63, 3.8) is 0 Å². The molecule has 0 bridgehead atoms. The first-order valence-corrected chi connectivity index (χ1v) is 6.49. The van der Waals surface area contributed by atoms with Gasteiger partial charge >= 0.3 is 0 Å². The first kappa shape index (κ1) is 15.0. The van der Waals surface area contributed by atoms with Crippen LogP contribution in [0, 0.1) is 0 Å². The van der Waals surface area contributed by atoms with Crippen LogP contribution in [0.1, 0.15) is 25.3 Å². The number of aryl methyl sites for hydroxylation is 1. The van der Waals surface area contributed by atoms with Crippen molar-refractivity contribution in [1.82, 2.24) is 10.6 Å². The molecule has 1 aromatic rings. The number of carbonyl (C=O) groups excluding carboxylic acids is 2. The van der Waals surface area contributed by atoms with E-state index in [9.17, 15) is 9.59 Å². The molecule has 0 aromatic heterocycles. The van der Waals surface area contributed by atoms with Gasteiger partial charge in [0.1, 0.15) is 0 Å². The summed E-state index contributed by atoms with van der Waals surface area (Å²) in [6.07, 6.45) is 1.37. The van der Waals surface area contributed by atoms with Crippen molar-refractivity contribution in [3.05, 3.63) is 29.8 Å². The van der Waals surface area contributed by atoms with E-state index >= 15 is 0 Å². The molecular weight excluding hydrogens is 242 g/mol. The van der Waals surface area contributed by atoms with Gasteiger partial charge in [0, 0.05) is 31.6 Å². The maximum absolute atomic E-state index is 11.6. The largest absolute Gasteiger partial charge is 0.399 e. The van der Waals surface area contributed by atoms with Crippen LogP contribution in [0.5, 0.6) is 0 Å². The van der Waals surface area contributed by atoms with Gasteiger partial charge in [-0.3, -0.25) is 9.59 Å². The number of nitrogens with one attached hydrogen (secondary N) is 2. The van der Waals surface area contributed by atoms with Crippen molar-refractivity contribution in [2.75, 3.05) is 18.8 Å². The van der Waals surface area contributed by atoms with Crippen molar-refractivity contribution >= 4 is 17.5 Å². The van der Waals surface area contributed by atoms with Gasteiger partial charge in [0.25, 0.3) is 0 Å². The Morgan fingerprint density at radius 2 is 1.89 bits per heavy atom. The van der Waals surface area contributed by atoms with E-state index in [0.717, 1.165) is 5.56 Å². The molecule has 0 aliphatic rings. The molecule has 0 radical (unpaired) electrons. The molecule has 0 fully saturated rings. The van der Waals surface area contributed by atoms with E-state index < -0.39 is 0 Å². The van der Waals surface area contributed by atoms with Crippen LogP contribution in [0.4, 0.5) is 5.69 Å². The second-order valence-electron chi connectivity index (χ2n) is 4.30. The number of nitrogens with two attached hydrogens (primary N) is 1. The lowest BCUT2D eigenvalue weighted by Crippen LogP contribution is -2.30. The zero-order valence-corrected chi connectivity index (χ0v) is 11.2. The fourth-order valence-electron chi connectivity index (χ4n) is 1.70. The number of hydrogen-bond acceptors (Lipinski definition) is 3. The van der Waals surface area contributed by atoms with Crippen molar-refractivity contribution in [3.8, 4) is 0 Å². The summed E-state index contributed by atoms with van der Waals surface area (Å²) in [7, 11) is 0. The molecule has 2 amide bonds. The quantitative estimate of drug-likeness (QED) is 0.637. The zero-order chi connectivity index (χ0) is 14.1. The van der Waals surface area contributed by atoms with Crippen molar-refractivity contribution < 1.29 is 9.59 Å². The average Bonchev–Trinajstić information content (AvgIpc) is 2.37. The van der Waals surface area contributed by atoms with E-state index in [-0.39, 0.29) is 11.8 Å². The smallest absolute Gasteiger partial charge is 0.221 e. The number of carbonyl (C=O) groups is 2. The minimum Gasteiger partial charge on any atom is -0.399 e. The van der Waals surface area contributed by atoms with Gasteiger partial charge in [-0.2, -0.15) is 0 Å². The third-order valence-corrected chi connectivity index (χ3v) is 2.64. The van der Waals surface area contributed by atoms with Crippen molar-refractivity contribution in [2.24, 2.45) is 0 Å². The molecule has 5 nitrogen and oxygen atoms in total. The summed E-state index contributed by atoms with van der Waals surface area (Å²) < 4.78 is 0. The fourth-order valence-corrected chi connectivity index (χ4v) is 1.70. The van der Waals surface area contributed by atoms with Crippen molar-refractivity contribution in [1.29, 1.82) is 0 Å². The predicted molar refractivity (Wildman–Crippen MR) is 75.5 cm³/mol. The van der Waals surface area contributed by atoms with Gasteiger partial charge in [0.15, 0.2) is 0 Å². The molecule has 0 aliphatic heterocycles. The molecule has 1 rings (SSSR count). The molecule has 0 aliphatic carbocycles. The monoisotopic (exact) mass is 263 g/mol. The number of hydrogen-bond donors (Lipinski definition) is 3. The molecule has 0 spiro atoms. The Labute approximate surface area is 113 Å². The fraction of sp³-hybridized carbons (Fsp3) is 0.429. The van der Waals surface area contributed by atoms with Gasteiger partial charge in [-0.15, -0.1) is 0 Å². The highest BCUT2D eigenvalue weighted by Crippen LogP contribution is 2.08. The Kier molecular flexibility index (Phi) is 6.43. The second-order valence-corrected chi connectivity index (χ2v) is 4.30. The maximum Gasteiger partial charge on any atom is 0.221 e. The van der Waals surface area contributed by atoms with E-state index in [1.807, 2.05) is 31.2 Å². The zero-order valence-electron chi connectivity index (χ0n) is 11.2. The van der Waals surface area contributed by atoms with Crippen LogP contribution in [-0.2, 0) is 16.0 Å². The molecule has 5 heteroatoms. The predicted octanol–water partition coefficient (Wildman–Crippen LogP) is 0.844. The van der Waals surface area contributed by atoms with Crippen LogP contribution in [0.15, 0.2) is 24.3 Å². The normalized spacial score (nSPS) is 9.95.